The summed E-state index contributed by atoms with van der Waals surface area (Å²) in [6.07, 6.45) is 8.61. The summed E-state index contributed by atoms with van der Waals surface area (Å²) < 4.78 is 11.7. The van der Waals surface area contributed by atoms with Gasteiger partial charge in [0.25, 0.3) is 0 Å². The average molecular weight is 240 g/mol. The minimum Gasteiger partial charge on any atom is -0.544 e. The van der Waals surface area contributed by atoms with Crippen LogP contribution in [-0.4, -0.2) is 14.9 Å². The summed E-state index contributed by atoms with van der Waals surface area (Å²) in [5.41, 5.74) is 0. The van der Waals surface area contributed by atoms with E-state index in [4.69, 9.17) is 9.16 Å². The van der Waals surface area contributed by atoms with Crippen LogP contribution in [0.2, 0.25) is 19.6 Å². The third kappa shape index (κ3) is 5.40. The molecule has 0 bridgehead atoms. The number of allylic oxidation sites excluding steroid dienone is 3. The lowest BCUT2D eigenvalue weighted by molar-refractivity contribution is 0.194. The molecule has 0 unspecified atom stereocenters. The Kier molecular flexibility index (Phi) is 5.12. The predicted octanol–water partition coefficient (Wildman–Crippen LogP) is 4.22. The lowest BCUT2D eigenvalue weighted by Gasteiger charge is -2.23. The fourth-order valence-electron chi connectivity index (χ4n) is 1.53. The van der Waals surface area contributed by atoms with Crippen molar-refractivity contribution in [1.29, 1.82) is 0 Å². The van der Waals surface area contributed by atoms with E-state index in [-0.39, 0.29) is 0 Å². The maximum Gasteiger partial charge on any atom is 0.242 e. The van der Waals surface area contributed by atoms with Crippen LogP contribution in [0.4, 0.5) is 0 Å². The fraction of sp³-hybridized carbons (Fsp3) is 0.692. The first-order valence-electron chi connectivity index (χ1n) is 6.24. The zero-order valence-electron chi connectivity index (χ0n) is 11.0. The van der Waals surface area contributed by atoms with E-state index >= 15 is 0 Å². The second-order valence-corrected chi connectivity index (χ2v) is 9.60. The highest BCUT2D eigenvalue weighted by molar-refractivity contribution is 6.70. The van der Waals surface area contributed by atoms with Crippen molar-refractivity contribution < 1.29 is 9.16 Å². The van der Waals surface area contributed by atoms with Gasteiger partial charge in [0.2, 0.25) is 8.32 Å². The van der Waals surface area contributed by atoms with Gasteiger partial charge in [-0.25, -0.2) is 0 Å². The minimum absolute atomic E-state index is 0.836. The van der Waals surface area contributed by atoms with Gasteiger partial charge in [-0.1, -0.05) is 13.3 Å². The molecule has 3 heteroatoms. The Hall–Kier alpha value is -0.703. The Bertz CT molecular complexity index is 274. The van der Waals surface area contributed by atoms with Crippen LogP contribution in [-0.2, 0) is 9.16 Å². The highest BCUT2D eigenvalue weighted by atomic mass is 28.4. The summed E-state index contributed by atoms with van der Waals surface area (Å²) in [6, 6.07) is 0. The van der Waals surface area contributed by atoms with Crippen LogP contribution >= 0.6 is 0 Å². The molecule has 0 heterocycles. The zero-order chi connectivity index (χ0) is 12.0. The monoisotopic (exact) mass is 240 g/mol. The van der Waals surface area contributed by atoms with E-state index in [9.17, 15) is 0 Å². The SMILES string of the molecule is CCCCOC1=CC(O[Si](C)(C)C)=CCC1. The van der Waals surface area contributed by atoms with Gasteiger partial charge >= 0.3 is 0 Å². The molecule has 0 saturated heterocycles. The Morgan fingerprint density at radius 1 is 1.31 bits per heavy atom. The van der Waals surface area contributed by atoms with Gasteiger partial charge < -0.3 is 9.16 Å². The molecular weight excluding hydrogens is 216 g/mol. The normalized spacial score (nSPS) is 16.5. The van der Waals surface area contributed by atoms with Gasteiger partial charge in [-0.05, 0) is 38.6 Å². The minimum atomic E-state index is -1.48. The average Bonchev–Trinajstić information content (AvgIpc) is 2.16. The molecule has 0 atom stereocenters. The first-order valence-corrected chi connectivity index (χ1v) is 9.64. The summed E-state index contributed by atoms with van der Waals surface area (Å²) in [5.74, 6) is 2.10. The Labute approximate surface area is 100 Å². The van der Waals surface area contributed by atoms with Gasteiger partial charge in [0.05, 0.1) is 12.4 Å². The van der Waals surface area contributed by atoms with Crippen LogP contribution in [0.1, 0.15) is 32.6 Å². The number of rotatable bonds is 6. The molecule has 0 radical (unpaired) electrons. The second-order valence-electron chi connectivity index (χ2n) is 5.17. The Balaban J connectivity index is 2.45. The molecule has 0 fully saturated rings. The van der Waals surface area contributed by atoms with Crippen molar-refractivity contribution in [2.24, 2.45) is 0 Å². The first kappa shape index (κ1) is 13.4. The van der Waals surface area contributed by atoms with Crippen molar-refractivity contribution in [1.82, 2.24) is 0 Å². The topological polar surface area (TPSA) is 18.5 Å². The zero-order valence-corrected chi connectivity index (χ0v) is 12.0. The molecule has 0 N–H and O–H groups in total. The van der Waals surface area contributed by atoms with Crippen LogP contribution in [0.3, 0.4) is 0 Å². The number of unbranched alkanes of at least 4 members (excludes halogenated alkanes) is 1. The van der Waals surface area contributed by atoms with Crippen molar-refractivity contribution in [3.05, 3.63) is 23.7 Å². The van der Waals surface area contributed by atoms with Crippen molar-refractivity contribution in [2.75, 3.05) is 6.61 Å². The van der Waals surface area contributed by atoms with Gasteiger partial charge in [-0.2, -0.15) is 0 Å². The van der Waals surface area contributed by atoms with Crippen molar-refractivity contribution in [2.45, 2.75) is 52.2 Å². The van der Waals surface area contributed by atoms with Gasteiger partial charge in [0.15, 0.2) is 0 Å². The van der Waals surface area contributed by atoms with E-state index in [0.717, 1.165) is 37.4 Å². The van der Waals surface area contributed by atoms with Crippen molar-refractivity contribution >= 4 is 8.32 Å². The fourth-order valence-corrected chi connectivity index (χ4v) is 2.38. The molecule has 1 aliphatic rings. The standard InChI is InChI=1S/C13H24O2Si/c1-5-6-10-14-12-8-7-9-13(11-12)15-16(2,3)4/h9,11H,5-8,10H2,1-4H3. The lowest BCUT2D eigenvalue weighted by Crippen LogP contribution is -2.25. The molecular formula is C13H24O2Si. The maximum absolute atomic E-state index is 5.96. The number of ether oxygens (including phenoxy) is 1. The first-order chi connectivity index (χ1) is 7.51. The molecule has 0 aromatic carbocycles. The maximum atomic E-state index is 5.96. The molecule has 92 valence electrons. The summed E-state index contributed by atoms with van der Waals surface area (Å²) >= 11 is 0. The van der Waals surface area contributed by atoms with Crippen LogP contribution in [0.5, 0.6) is 0 Å². The summed E-state index contributed by atoms with van der Waals surface area (Å²) in [6.45, 7) is 9.62. The molecule has 0 aliphatic heterocycles. The molecule has 0 amide bonds. The van der Waals surface area contributed by atoms with E-state index in [1.165, 1.54) is 6.42 Å². The second kappa shape index (κ2) is 6.14. The van der Waals surface area contributed by atoms with E-state index in [1.807, 2.05) is 0 Å². The van der Waals surface area contributed by atoms with E-state index in [0.29, 0.717) is 0 Å². The predicted molar refractivity (Wildman–Crippen MR) is 70.7 cm³/mol. The van der Waals surface area contributed by atoms with Crippen molar-refractivity contribution in [3.63, 3.8) is 0 Å². The van der Waals surface area contributed by atoms with E-state index in [1.54, 1.807) is 0 Å². The van der Waals surface area contributed by atoms with Crippen molar-refractivity contribution in [3.8, 4) is 0 Å². The Morgan fingerprint density at radius 2 is 2.06 bits per heavy atom. The third-order valence-corrected chi connectivity index (χ3v) is 3.10. The molecule has 0 aromatic heterocycles. The number of hydrogen-bond acceptors (Lipinski definition) is 2. The smallest absolute Gasteiger partial charge is 0.242 e. The highest BCUT2D eigenvalue weighted by Crippen LogP contribution is 2.22. The third-order valence-electron chi connectivity index (χ3n) is 2.25. The molecule has 16 heavy (non-hydrogen) atoms. The largest absolute Gasteiger partial charge is 0.544 e. The summed E-state index contributed by atoms with van der Waals surface area (Å²) in [4.78, 5) is 0. The van der Waals surface area contributed by atoms with Crippen LogP contribution in [0.15, 0.2) is 23.7 Å². The molecule has 0 spiro atoms. The van der Waals surface area contributed by atoms with Crippen LogP contribution in [0.25, 0.3) is 0 Å². The van der Waals surface area contributed by atoms with Gasteiger partial charge in [0.1, 0.15) is 5.76 Å². The Morgan fingerprint density at radius 3 is 2.69 bits per heavy atom. The summed E-state index contributed by atoms with van der Waals surface area (Å²) in [5, 5.41) is 0. The summed E-state index contributed by atoms with van der Waals surface area (Å²) in [7, 11) is -1.48. The number of hydrogen-bond donors (Lipinski definition) is 0. The van der Waals surface area contributed by atoms with E-state index < -0.39 is 8.32 Å². The molecule has 1 aliphatic carbocycles. The van der Waals surface area contributed by atoms with E-state index in [2.05, 4.69) is 38.7 Å². The lowest BCUT2D eigenvalue weighted by atomic mass is 10.1. The quantitative estimate of drug-likeness (QED) is 0.511. The van der Waals surface area contributed by atoms with Gasteiger partial charge in [0, 0.05) is 12.5 Å². The highest BCUT2D eigenvalue weighted by Gasteiger charge is 2.18. The molecule has 1 rings (SSSR count). The van der Waals surface area contributed by atoms with Crippen LogP contribution in [0, 0.1) is 0 Å². The molecule has 2 nitrogen and oxygen atoms in total. The van der Waals surface area contributed by atoms with Gasteiger partial charge in [-0.15, -0.1) is 0 Å². The van der Waals surface area contributed by atoms with Gasteiger partial charge in [-0.3, -0.25) is 0 Å². The molecule has 0 saturated carbocycles. The molecule has 0 aromatic rings. The van der Waals surface area contributed by atoms with Crippen LogP contribution < -0.4 is 0 Å².